The van der Waals surface area contributed by atoms with E-state index in [-0.39, 0.29) is 17.6 Å². The zero-order valence-corrected chi connectivity index (χ0v) is 15.6. The van der Waals surface area contributed by atoms with E-state index in [0.29, 0.717) is 0 Å². The highest BCUT2D eigenvalue weighted by atomic mass is 16.3. The smallest absolute Gasteiger partial charge is 0.221 e. The number of nitrogens with two attached hydrogens (primary N) is 1. The molecule has 142 valence electrons. The fourth-order valence-electron chi connectivity index (χ4n) is 3.07. The van der Waals surface area contributed by atoms with E-state index in [4.69, 9.17) is 5.73 Å². The number of nitrogens with one attached hydrogen (secondary N) is 2. The predicted molar refractivity (Wildman–Crippen MR) is 108 cm³/mol. The fourth-order valence-corrected chi connectivity index (χ4v) is 3.07. The van der Waals surface area contributed by atoms with Crippen molar-refractivity contribution in [1.82, 2.24) is 4.90 Å². The maximum absolute atomic E-state index is 11.1. The molecular formula is C21H26N4O2. The van der Waals surface area contributed by atoms with Gasteiger partial charge >= 0.3 is 0 Å². The van der Waals surface area contributed by atoms with E-state index >= 15 is 0 Å². The van der Waals surface area contributed by atoms with Crippen molar-refractivity contribution >= 4 is 17.3 Å². The Morgan fingerprint density at radius 2 is 2.00 bits per heavy atom. The van der Waals surface area contributed by atoms with Crippen molar-refractivity contribution in [2.75, 3.05) is 17.2 Å². The lowest BCUT2D eigenvalue weighted by molar-refractivity contribution is -0.114. The summed E-state index contributed by atoms with van der Waals surface area (Å²) in [5.74, 6) is -0.311. The Morgan fingerprint density at radius 1 is 1.26 bits per heavy atom. The van der Waals surface area contributed by atoms with Crippen molar-refractivity contribution in [3.8, 4) is 5.75 Å². The minimum atomic E-state index is -0.653. The van der Waals surface area contributed by atoms with Gasteiger partial charge in [0.15, 0.2) is 5.79 Å². The van der Waals surface area contributed by atoms with E-state index in [1.807, 2.05) is 36.5 Å². The molecule has 0 aromatic heterocycles. The summed E-state index contributed by atoms with van der Waals surface area (Å²) in [6.45, 7) is 4.48. The van der Waals surface area contributed by atoms with Crippen molar-refractivity contribution in [3.63, 3.8) is 0 Å². The van der Waals surface area contributed by atoms with Crippen LogP contribution >= 0.6 is 0 Å². The Balaban J connectivity index is 1.62. The summed E-state index contributed by atoms with van der Waals surface area (Å²) in [4.78, 5) is 13.2. The highest BCUT2D eigenvalue weighted by Crippen LogP contribution is 2.29. The summed E-state index contributed by atoms with van der Waals surface area (Å²) in [6, 6.07) is 14.8. The highest BCUT2D eigenvalue weighted by Gasteiger charge is 2.39. The molecule has 2 unspecified atom stereocenters. The van der Waals surface area contributed by atoms with Crippen LogP contribution in [0.25, 0.3) is 0 Å². The largest absolute Gasteiger partial charge is 0.508 e. The lowest BCUT2D eigenvalue weighted by Gasteiger charge is -2.50. The van der Waals surface area contributed by atoms with Crippen molar-refractivity contribution in [2.45, 2.75) is 32.0 Å². The topological polar surface area (TPSA) is 90.6 Å². The number of likely N-dealkylation sites (tertiary alicyclic amines) is 1. The molecule has 2 atom stereocenters. The van der Waals surface area contributed by atoms with Crippen LogP contribution in [0.1, 0.15) is 31.7 Å². The number of nitrogens with zero attached hydrogens (tertiary/aromatic N) is 1. The first-order valence-electron chi connectivity index (χ1n) is 9.04. The van der Waals surface area contributed by atoms with Crippen molar-refractivity contribution in [2.24, 2.45) is 5.73 Å². The monoisotopic (exact) mass is 366 g/mol. The predicted octanol–water partition coefficient (Wildman–Crippen LogP) is 3.40. The number of aromatic hydroxyl groups is 1. The molecule has 3 rings (SSSR count). The van der Waals surface area contributed by atoms with Gasteiger partial charge in [0.25, 0.3) is 0 Å². The third kappa shape index (κ3) is 4.60. The molecule has 27 heavy (non-hydrogen) atoms. The Bertz CT molecular complexity index is 834. The van der Waals surface area contributed by atoms with E-state index in [2.05, 4.69) is 28.5 Å². The van der Waals surface area contributed by atoms with E-state index in [0.717, 1.165) is 29.9 Å². The maximum Gasteiger partial charge on any atom is 0.221 e. The molecule has 0 aliphatic carbocycles. The minimum Gasteiger partial charge on any atom is -0.508 e. The SMILES string of the molecule is CC(=O)Nc1ccc(C(C)/C=C\N2CCC2(N)Nc2cccc(O)c2)cc1. The van der Waals surface area contributed by atoms with E-state index < -0.39 is 5.79 Å². The molecule has 1 heterocycles. The Labute approximate surface area is 159 Å². The van der Waals surface area contributed by atoms with Crippen LogP contribution in [0.4, 0.5) is 11.4 Å². The van der Waals surface area contributed by atoms with Gasteiger partial charge in [-0.2, -0.15) is 0 Å². The molecule has 1 aliphatic rings. The quantitative estimate of drug-likeness (QED) is 0.588. The van der Waals surface area contributed by atoms with Gasteiger partial charge in [0.2, 0.25) is 5.91 Å². The average Bonchev–Trinajstić information content (AvgIpc) is 2.61. The van der Waals surface area contributed by atoms with Gasteiger partial charge in [-0.1, -0.05) is 31.2 Å². The van der Waals surface area contributed by atoms with Crippen LogP contribution in [0, 0.1) is 0 Å². The van der Waals surface area contributed by atoms with Gasteiger partial charge in [-0.05, 0) is 36.0 Å². The summed E-state index contributed by atoms with van der Waals surface area (Å²) < 4.78 is 0. The lowest BCUT2D eigenvalue weighted by Crippen LogP contribution is -2.68. The number of allylic oxidation sites excluding steroid dienone is 1. The third-order valence-corrected chi connectivity index (χ3v) is 4.76. The molecule has 2 aromatic rings. The molecule has 0 bridgehead atoms. The summed E-state index contributed by atoms with van der Waals surface area (Å²) in [5, 5.41) is 15.7. The number of rotatable bonds is 6. The van der Waals surface area contributed by atoms with Gasteiger partial charge in [0.1, 0.15) is 5.75 Å². The van der Waals surface area contributed by atoms with Gasteiger partial charge < -0.3 is 20.6 Å². The fraction of sp³-hybridized carbons (Fsp3) is 0.286. The van der Waals surface area contributed by atoms with Crippen LogP contribution in [0.15, 0.2) is 60.8 Å². The number of phenols is 1. The van der Waals surface area contributed by atoms with Crippen LogP contribution in [-0.2, 0) is 4.79 Å². The first-order valence-corrected chi connectivity index (χ1v) is 9.04. The zero-order valence-electron chi connectivity index (χ0n) is 15.6. The average molecular weight is 366 g/mol. The molecule has 0 radical (unpaired) electrons. The first-order chi connectivity index (χ1) is 12.9. The first kappa shape index (κ1) is 18.8. The van der Waals surface area contributed by atoms with Gasteiger partial charge in [-0.25, -0.2) is 0 Å². The molecule has 6 nitrogen and oxygen atoms in total. The number of benzene rings is 2. The second-order valence-electron chi connectivity index (χ2n) is 6.98. The van der Waals surface area contributed by atoms with Crippen LogP contribution in [0.5, 0.6) is 5.75 Å². The lowest BCUT2D eigenvalue weighted by atomic mass is 9.99. The molecule has 1 saturated heterocycles. The second kappa shape index (κ2) is 7.72. The molecule has 2 aromatic carbocycles. The normalized spacial score (nSPS) is 20.2. The van der Waals surface area contributed by atoms with Gasteiger partial charge in [-0.15, -0.1) is 0 Å². The highest BCUT2D eigenvalue weighted by molar-refractivity contribution is 5.88. The zero-order chi connectivity index (χ0) is 19.4. The van der Waals surface area contributed by atoms with Crippen LogP contribution in [-0.4, -0.2) is 28.2 Å². The maximum atomic E-state index is 11.1. The van der Waals surface area contributed by atoms with Crippen molar-refractivity contribution in [1.29, 1.82) is 0 Å². The number of carbonyl (C=O) groups excluding carboxylic acids is 1. The molecule has 6 heteroatoms. The van der Waals surface area contributed by atoms with Crippen molar-refractivity contribution in [3.05, 3.63) is 66.4 Å². The number of phenolic OH excluding ortho intramolecular Hbond substituents is 1. The van der Waals surface area contributed by atoms with Gasteiger partial charge in [-0.3, -0.25) is 10.5 Å². The van der Waals surface area contributed by atoms with Gasteiger partial charge in [0.05, 0.1) is 0 Å². The van der Waals surface area contributed by atoms with Gasteiger partial charge in [0, 0.05) is 43.2 Å². The number of anilines is 2. The molecular weight excluding hydrogens is 340 g/mol. The second-order valence-corrected chi connectivity index (χ2v) is 6.98. The summed E-state index contributed by atoms with van der Waals surface area (Å²) in [5.41, 5.74) is 9.20. The number of amides is 1. The summed E-state index contributed by atoms with van der Waals surface area (Å²) >= 11 is 0. The molecule has 5 N–H and O–H groups in total. The van der Waals surface area contributed by atoms with Crippen molar-refractivity contribution < 1.29 is 9.90 Å². The van der Waals surface area contributed by atoms with Crippen LogP contribution < -0.4 is 16.4 Å². The number of hydrogen-bond donors (Lipinski definition) is 4. The van der Waals surface area contributed by atoms with Crippen LogP contribution in [0.3, 0.4) is 0 Å². The number of carbonyl (C=O) groups is 1. The standard InChI is InChI=1S/C21H26N4O2/c1-15(17-6-8-18(9-7-17)23-16(2)26)10-12-25-13-11-21(25,22)24-19-4-3-5-20(27)14-19/h3-10,12,14-15,24,27H,11,13,22H2,1-2H3,(H,23,26)/b12-10-. The van der Waals surface area contributed by atoms with Crippen LogP contribution in [0.2, 0.25) is 0 Å². The molecule has 1 amide bonds. The third-order valence-electron chi connectivity index (χ3n) is 4.76. The summed E-state index contributed by atoms with van der Waals surface area (Å²) in [6.07, 6.45) is 4.94. The van der Waals surface area contributed by atoms with E-state index in [9.17, 15) is 9.90 Å². The molecule has 0 spiro atoms. The summed E-state index contributed by atoms with van der Waals surface area (Å²) in [7, 11) is 0. The molecule has 0 saturated carbocycles. The minimum absolute atomic E-state index is 0.0769. The number of hydrogen-bond acceptors (Lipinski definition) is 5. The molecule has 1 aliphatic heterocycles. The Morgan fingerprint density at radius 3 is 2.59 bits per heavy atom. The molecule has 1 fully saturated rings. The van der Waals surface area contributed by atoms with E-state index in [1.54, 1.807) is 18.2 Å². The Hall–Kier alpha value is -2.99. The Kier molecular flexibility index (Phi) is 5.37. The van der Waals surface area contributed by atoms with E-state index in [1.165, 1.54) is 6.92 Å².